The van der Waals surface area contributed by atoms with Gasteiger partial charge in [0.15, 0.2) is 0 Å². The van der Waals surface area contributed by atoms with Gasteiger partial charge in [0.2, 0.25) is 0 Å². The van der Waals surface area contributed by atoms with Crippen molar-refractivity contribution in [3.05, 3.63) is 65.6 Å². The third kappa shape index (κ3) is 3.67. The van der Waals surface area contributed by atoms with E-state index in [1.165, 1.54) is 17.0 Å². The molecule has 0 saturated heterocycles. The molecule has 0 saturated carbocycles. The maximum Gasteiger partial charge on any atom is 0.262 e. The number of hydrogen-bond acceptors (Lipinski definition) is 6. The third-order valence-corrected chi connectivity index (χ3v) is 10.4. The minimum atomic E-state index is -0.718. The van der Waals surface area contributed by atoms with E-state index in [1.54, 1.807) is 0 Å². The summed E-state index contributed by atoms with van der Waals surface area (Å²) in [6, 6.07) is 7.00. The summed E-state index contributed by atoms with van der Waals surface area (Å²) in [5.74, 6) is -2.49. The van der Waals surface area contributed by atoms with Crippen molar-refractivity contribution in [1.29, 1.82) is 10.5 Å². The van der Waals surface area contributed by atoms with E-state index in [1.807, 2.05) is 26.0 Å². The molecule has 0 unspecified atom stereocenters. The van der Waals surface area contributed by atoms with Gasteiger partial charge in [-0.1, -0.05) is 73.1 Å². The van der Waals surface area contributed by atoms with E-state index in [-0.39, 0.29) is 104 Å². The van der Waals surface area contributed by atoms with Gasteiger partial charge in [-0.15, -0.1) is 0 Å². The molecule has 5 aromatic carbocycles. The lowest BCUT2D eigenvalue weighted by molar-refractivity contribution is 0.0593. The van der Waals surface area contributed by atoms with E-state index in [0.29, 0.717) is 24.6 Å². The van der Waals surface area contributed by atoms with Gasteiger partial charge in [-0.3, -0.25) is 29.0 Å². The number of benzene rings is 5. The largest absolute Gasteiger partial charge is 0.274 e. The molecule has 2 aliphatic heterocycles. The van der Waals surface area contributed by atoms with Gasteiger partial charge in [0.1, 0.15) is 12.1 Å². The number of nitriles is 2. The Balaban J connectivity index is 1.78. The summed E-state index contributed by atoms with van der Waals surface area (Å²) in [5.41, 5.74) is -0.302. The lowest BCUT2D eigenvalue weighted by Gasteiger charge is -2.32. The number of unbranched alkanes of at least 4 members (excludes halogenated alkanes) is 2. The van der Waals surface area contributed by atoms with E-state index >= 15 is 0 Å². The Morgan fingerprint density at radius 3 is 1.35 bits per heavy atom. The highest BCUT2D eigenvalue weighted by Crippen LogP contribution is 2.55. The van der Waals surface area contributed by atoms with Crippen LogP contribution in [0.1, 0.15) is 92.1 Å². The fraction of sp³-hybridized carbons (Fsp3) is 0.235. The van der Waals surface area contributed by atoms with Crippen LogP contribution >= 0.6 is 46.4 Å². The fourth-order valence-corrected chi connectivity index (χ4v) is 8.22. The molecule has 0 aliphatic carbocycles. The summed E-state index contributed by atoms with van der Waals surface area (Å²) < 4.78 is 0. The molecule has 12 heteroatoms. The highest BCUT2D eigenvalue weighted by atomic mass is 35.5. The smallest absolute Gasteiger partial charge is 0.262 e. The van der Waals surface area contributed by atoms with E-state index in [9.17, 15) is 29.7 Å². The first-order valence-corrected chi connectivity index (χ1v) is 16.1. The van der Waals surface area contributed by atoms with E-state index in [2.05, 4.69) is 0 Å². The molecule has 46 heavy (non-hydrogen) atoms. The van der Waals surface area contributed by atoms with E-state index in [4.69, 9.17) is 46.4 Å². The summed E-state index contributed by atoms with van der Waals surface area (Å²) >= 11 is 28.1. The molecule has 228 valence electrons. The first kappa shape index (κ1) is 30.5. The van der Waals surface area contributed by atoms with Crippen molar-refractivity contribution in [3.63, 3.8) is 0 Å². The predicted octanol–water partition coefficient (Wildman–Crippen LogP) is 8.89. The van der Waals surface area contributed by atoms with Crippen molar-refractivity contribution in [2.45, 2.75) is 39.5 Å². The number of imide groups is 2. The zero-order valence-corrected chi connectivity index (χ0v) is 27.4. The molecule has 0 fully saturated rings. The SMILES string of the molecule is CCCCN1C(=O)c2cc(Cl)c3c4c(Cl)c(C#N)c5c6c(c(C#N)c(Cl)c(c7c(Cl)cc(c2c37)C1=O)c64)C(=O)N(CCCC)C5=O. The Morgan fingerprint density at radius 1 is 0.565 bits per heavy atom. The average molecular weight is 690 g/mol. The topological polar surface area (TPSA) is 122 Å². The van der Waals surface area contributed by atoms with Gasteiger partial charge < -0.3 is 0 Å². The molecule has 4 amide bonds. The predicted molar refractivity (Wildman–Crippen MR) is 178 cm³/mol. The first-order valence-electron chi connectivity index (χ1n) is 14.6. The van der Waals surface area contributed by atoms with Gasteiger partial charge in [0.25, 0.3) is 23.6 Å². The van der Waals surface area contributed by atoms with Gasteiger partial charge in [0.05, 0.1) is 43.4 Å². The van der Waals surface area contributed by atoms with E-state index < -0.39 is 23.6 Å². The van der Waals surface area contributed by atoms with Crippen molar-refractivity contribution in [1.82, 2.24) is 9.80 Å². The van der Waals surface area contributed by atoms with Crippen LogP contribution in [0.5, 0.6) is 0 Å². The average Bonchev–Trinajstić information content (AvgIpc) is 3.03. The maximum absolute atomic E-state index is 14.0. The molecule has 2 aliphatic rings. The Labute approximate surface area is 281 Å². The Morgan fingerprint density at radius 2 is 0.957 bits per heavy atom. The number of halogens is 4. The Bertz CT molecular complexity index is 2260. The Kier molecular flexibility index (Phi) is 7.08. The molecule has 0 radical (unpaired) electrons. The van der Waals surface area contributed by atoms with Crippen LogP contribution in [0.4, 0.5) is 0 Å². The molecular formula is C34H20Cl4N4O4. The zero-order valence-electron chi connectivity index (χ0n) is 24.3. The van der Waals surface area contributed by atoms with Gasteiger partial charge in [-0.2, -0.15) is 10.5 Å². The maximum atomic E-state index is 14.0. The molecule has 5 aromatic rings. The van der Waals surface area contributed by atoms with Crippen LogP contribution in [0.2, 0.25) is 20.1 Å². The van der Waals surface area contributed by atoms with E-state index in [0.717, 1.165) is 11.3 Å². The minimum Gasteiger partial charge on any atom is -0.274 e. The lowest BCUT2D eigenvalue weighted by Crippen LogP contribution is -2.42. The molecular weight excluding hydrogens is 670 g/mol. The number of carbonyl (C=O) groups excluding carboxylic acids is 4. The standard InChI is InChI=1S/C34H20Cl4N4O4/c1-3-5-7-41-31(43)13-9-17(35)22-24-19(13)14(32(41)44)10-18(36)23(24)28-26-25-20(15(11-39)29(37)27(22)26)33(45)42(8-6-4-2)34(46)21(25)16(12-40)30(28)38/h9-10H,3-8H2,1-2H3. The molecule has 0 atom stereocenters. The molecule has 0 spiro atoms. The third-order valence-electron chi connectivity index (χ3n) is 9.00. The van der Waals surface area contributed by atoms with Crippen LogP contribution in [0.15, 0.2) is 12.1 Å². The first-order chi connectivity index (χ1) is 22.0. The van der Waals surface area contributed by atoms with Crippen LogP contribution in [0.25, 0.3) is 43.1 Å². The normalized spacial score (nSPS) is 14.4. The summed E-state index contributed by atoms with van der Waals surface area (Å²) in [5, 5.41) is 22.5. The highest BCUT2D eigenvalue weighted by Gasteiger charge is 2.42. The second kappa shape index (κ2) is 10.7. The quantitative estimate of drug-likeness (QED) is 0.0997. The number of nitrogens with zero attached hydrogens (tertiary/aromatic N) is 4. The zero-order chi connectivity index (χ0) is 32.9. The van der Waals surface area contributed by atoms with Gasteiger partial charge in [-0.05, 0) is 25.0 Å². The summed E-state index contributed by atoms with van der Waals surface area (Å²) in [6.45, 7) is 4.11. The summed E-state index contributed by atoms with van der Waals surface area (Å²) in [6.07, 6.45) is 2.53. The van der Waals surface area contributed by atoms with Crippen molar-refractivity contribution in [2.24, 2.45) is 0 Å². The molecule has 0 N–H and O–H groups in total. The van der Waals surface area contributed by atoms with Crippen molar-refractivity contribution in [2.75, 3.05) is 13.1 Å². The minimum absolute atomic E-state index is 0.0544. The van der Waals surface area contributed by atoms with Crippen LogP contribution in [-0.4, -0.2) is 46.5 Å². The highest BCUT2D eigenvalue weighted by molar-refractivity contribution is 6.56. The van der Waals surface area contributed by atoms with Gasteiger partial charge in [-0.25, -0.2) is 0 Å². The van der Waals surface area contributed by atoms with Crippen LogP contribution in [0.3, 0.4) is 0 Å². The number of amides is 4. The molecule has 7 rings (SSSR count). The van der Waals surface area contributed by atoms with Gasteiger partial charge >= 0.3 is 0 Å². The summed E-state index contributed by atoms with van der Waals surface area (Å²) in [7, 11) is 0. The monoisotopic (exact) mass is 688 g/mol. The number of hydrogen-bond donors (Lipinski definition) is 0. The van der Waals surface area contributed by atoms with Crippen LogP contribution in [0, 0.1) is 22.7 Å². The number of fused-ring (bicyclic) bond motifs is 2. The lowest BCUT2D eigenvalue weighted by atomic mass is 9.79. The second-order valence-electron chi connectivity index (χ2n) is 11.4. The second-order valence-corrected chi connectivity index (χ2v) is 13.0. The van der Waals surface area contributed by atoms with Crippen LogP contribution in [-0.2, 0) is 0 Å². The van der Waals surface area contributed by atoms with Crippen molar-refractivity contribution >= 4 is 113 Å². The molecule has 0 aromatic heterocycles. The van der Waals surface area contributed by atoms with Gasteiger partial charge in [0, 0.05) is 66.2 Å². The summed E-state index contributed by atoms with van der Waals surface area (Å²) in [4.78, 5) is 57.7. The fourth-order valence-electron chi connectivity index (χ4n) is 6.98. The van der Waals surface area contributed by atoms with Crippen molar-refractivity contribution < 1.29 is 19.2 Å². The van der Waals surface area contributed by atoms with Crippen molar-refractivity contribution in [3.8, 4) is 12.1 Å². The van der Waals surface area contributed by atoms with Crippen LogP contribution < -0.4 is 0 Å². The number of carbonyl (C=O) groups is 4. The molecule has 8 nitrogen and oxygen atoms in total. The molecule has 0 bridgehead atoms. The number of rotatable bonds is 6. The molecule has 2 heterocycles. The Hall–Kier alpha value is -4.18.